The van der Waals surface area contributed by atoms with Gasteiger partial charge in [0.25, 0.3) is 0 Å². The van der Waals surface area contributed by atoms with Crippen molar-refractivity contribution in [2.75, 3.05) is 32.8 Å². The normalized spacial score (nSPS) is 17.7. The van der Waals surface area contributed by atoms with Gasteiger partial charge in [-0.1, -0.05) is 50.6 Å². The van der Waals surface area contributed by atoms with Gasteiger partial charge in [-0.25, -0.2) is 0 Å². The molecule has 1 unspecified atom stereocenters. The Balaban J connectivity index is 1.87. The maximum Gasteiger partial charge on any atom is 0.191 e. The van der Waals surface area contributed by atoms with E-state index in [4.69, 9.17) is 9.73 Å². The van der Waals surface area contributed by atoms with Gasteiger partial charge in [-0.2, -0.15) is 0 Å². The van der Waals surface area contributed by atoms with Crippen LogP contribution in [-0.4, -0.2) is 50.0 Å². The molecule has 1 aromatic rings. The van der Waals surface area contributed by atoms with Crippen molar-refractivity contribution in [3.63, 3.8) is 0 Å². The molecule has 0 aromatic heterocycles. The summed E-state index contributed by atoms with van der Waals surface area (Å²) in [7, 11) is 0. The molecule has 0 bridgehead atoms. The van der Waals surface area contributed by atoms with Crippen molar-refractivity contribution in [1.29, 1.82) is 0 Å². The molecule has 1 aromatic carbocycles. The molecule has 5 nitrogen and oxygen atoms in total. The molecule has 146 valence electrons. The molecule has 1 aliphatic rings. The summed E-state index contributed by atoms with van der Waals surface area (Å²) in [5, 5.41) is 16.6. The van der Waals surface area contributed by atoms with Crippen molar-refractivity contribution in [2.24, 2.45) is 10.9 Å². The number of aliphatic imine (C=N–C) groups is 1. The molecular weight excluding hydrogens is 326 g/mol. The molecular formula is C21H35N3O2. The molecule has 1 saturated carbocycles. The first-order valence-corrected chi connectivity index (χ1v) is 9.89. The Kier molecular flexibility index (Phi) is 8.39. The van der Waals surface area contributed by atoms with Crippen molar-refractivity contribution >= 4 is 5.96 Å². The van der Waals surface area contributed by atoms with Gasteiger partial charge in [-0.15, -0.1) is 0 Å². The molecule has 0 heterocycles. The average molecular weight is 362 g/mol. The fourth-order valence-corrected chi connectivity index (χ4v) is 3.22. The molecule has 0 amide bonds. The molecule has 1 aliphatic carbocycles. The Morgan fingerprint density at radius 1 is 1.19 bits per heavy atom. The van der Waals surface area contributed by atoms with Gasteiger partial charge in [0.15, 0.2) is 5.96 Å². The van der Waals surface area contributed by atoms with Gasteiger partial charge in [-0.3, -0.25) is 4.99 Å². The van der Waals surface area contributed by atoms with E-state index >= 15 is 0 Å². The lowest BCUT2D eigenvalue weighted by Crippen LogP contribution is -2.44. The van der Waals surface area contributed by atoms with Gasteiger partial charge in [-0.05, 0) is 31.2 Å². The third kappa shape index (κ3) is 6.29. The monoisotopic (exact) mass is 361 g/mol. The summed E-state index contributed by atoms with van der Waals surface area (Å²) in [5.41, 5.74) is 1.55. The van der Waals surface area contributed by atoms with E-state index in [9.17, 15) is 5.11 Å². The van der Waals surface area contributed by atoms with E-state index in [1.54, 1.807) is 0 Å². The molecule has 1 fully saturated rings. The minimum Gasteiger partial charge on any atom is -0.389 e. The van der Waals surface area contributed by atoms with E-state index in [-0.39, 0.29) is 5.41 Å². The summed E-state index contributed by atoms with van der Waals surface area (Å²) in [6.07, 6.45) is 3.10. The molecule has 2 rings (SSSR count). The van der Waals surface area contributed by atoms with Gasteiger partial charge in [0.1, 0.15) is 0 Å². The lowest BCUT2D eigenvalue weighted by Gasteiger charge is -2.41. The van der Waals surface area contributed by atoms with E-state index in [0.29, 0.717) is 25.7 Å². The summed E-state index contributed by atoms with van der Waals surface area (Å²) >= 11 is 0. The molecule has 26 heavy (non-hydrogen) atoms. The Bertz CT molecular complexity index is 541. The second-order valence-corrected chi connectivity index (χ2v) is 7.66. The Labute approximate surface area is 158 Å². The second-order valence-electron chi connectivity index (χ2n) is 7.66. The summed E-state index contributed by atoms with van der Waals surface area (Å²) in [6, 6.07) is 10.7. The number of hydrogen-bond acceptors (Lipinski definition) is 3. The van der Waals surface area contributed by atoms with Crippen LogP contribution in [0, 0.1) is 5.92 Å². The lowest BCUT2D eigenvalue weighted by molar-refractivity contribution is 0.0280. The molecule has 0 spiro atoms. The van der Waals surface area contributed by atoms with Gasteiger partial charge < -0.3 is 20.5 Å². The Morgan fingerprint density at radius 2 is 1.92 bits per heavy atom. The number of nitrogens with one attached hydrogen (secondary N) is 2. The van der Waals surface area contributed by atoms with Crippen molar-refractivity contribution in [1.82, 2.24) is 10.6 Å². The van der Waals surface area contributed by atoms with Crippen LogP contribution in [0.15, 0.2) is 35.3 Å². The van der Waals surface area contributed by atoms with Crippen molar-refractivity contribution < 1.29 is 9.84 Å². The molecule has 0 aliphatic heterocycles. The zero-order valence-electron chi connectivity index (χ0n) is 16.5. The Morgan fingerprint density at radius 3 is 2.50 bits per heavy atom. The number of aliphatic hydroxyl groups excluding tert-OH is 1. The highest BCUT2D eigenvalue weighted by molar-refractivity contribution is 5.79. The fourth-order valence-electron chi connectivity index (χ4n) is 3.22. The summed E-state index contributed by atoms with van der Waals surface area (Å²) in [6.45, 7) is 9.27. The minimum absolute atomic E-state index is 0.169. The number of benzene rings is 1. The van der Waals surface area contributed by atoms with Gasteiger partial charge in [0, 0.05) is 25.1 Å². The number of ether oxygens (including phenoxy) is 1. The molecule has 3 N–H and O–H groups in total. The summed E-state index contributed by atoms with van der Waals surface area (Å²) in [4.78, 5) is 4.81. The molecule has 0 radical (unpaired) electrons. The topological polar surface area (TPSA) is 65.9 Å². The van der Waals surface area contributed by atoms with Crippen LogP contribution in [0.5, 0.6) is 0 Å². The highest BCUT2D eigenvalue weighted by atomic mass is 16.5. The number of hydrogen-bond donors (Lipinski definition) is 3. The zero-order chi connectivity index (χ0) is 18.8. The molecule has 0 saturated heterocycles. The largest absolute Gasteiger partial charge is 0.389 e. The average Bonchev–Trinajstić information content (AvgIpc) is 2.59. The lowest BCUT2D eigenvalue weighted by atomic mass is 9.64. The van der Waals surface area contributed by atoms with Crippen molar-refractivity contribution in [3.8, 4) is 0 Å². The SMILES string of the molecule is CCNC(=NCC1(c2ccccc2)CCC1)NCC(O)COCC(C)C. The van der Waals surface area contributed by atoms with Crippen LogP contribution in [0.4, 0.5) is 0 Å². The zero-order valence-corrected chi connectivity index (χ0v) is 16.5. The quantitative estimate of drug-likeness (QED) is 0.443. The smallest absolute Gasteiger partial charge is 0.191 e. The van der Waals surface area contributed by atoms with E-state index in [1.807, 2.05) is 0 Å². The Hall–Kier alpha value is -1.59. The first-order valence-electron chi connectivity index (χ1n) is 9.89. The first-order chi connectivity index (χ1) is 12.6. The predicted octanol–water partition coefficient (Wildman–Crippen LogP) is 2.70. The third-order valence-corrected chi connectivity index (χ3v) is 4.85. The predicted molar refractivity (Wildman–Crippen MR) is 108 cm³/mol. The second kappa shape index (κ2) is 10.5. The van der Waals surface area contributed by atoms with Gasteiger partial charge >= 0.3 is 0 Å². The number of nitrogens with zero attached hydrogens (tertiary/aromatic N) is 1. The van der Waals surface area contributed by atoms with Crippen LogP contribution < -0.4 is 10.6 Å². The molecule has 1 atom stereocenters. The van der Waals surface area contributed by atoms with Crippen LogP contribution in [0.2, 0.25) is 0 Å². The van der Waals surface area contributed by atoms with Crippen LogP contribution in [0.1, 0.15) is 45.6 Å². The van der Waals surface area contributed by atoms with Gasteiger partial charge in [0.05, 0.1) is 19.3 Å². The maximum atomic E-state index is 10.1. The van der Waals surface area contributed by atoms with Crippen LogP contribution in [0.3, 0.4) is 0 Å². The van der Waals surface area contributed by atoms with E-state index in [0.717, 1.165) is 19.0 Å². The van der Waals surface area contributed by atoms with Crippen LogP contribution in [0.25, 0.3) is 0 Å². The summed E-state index contributed by atoms with van der Waals surface area (Å²) < 4.78 is 5.50. The number of aliphatic hydroxyl groups is 1. The highest BCUT2D eigenvalue weighted by Gasteiger charge is 2.38. The number of guanidine groups is 1. The highest BCUT2D eigenvalue weighted by Crippen LogP contribution is 2.43. The van der Waals surface area contributed by atoms with Crippen LogP contribution in [-0.2, 0) is 10.2 Å². The first kappa shape index (κ1) is 20.7. The van der Waals surface area contributed by atoms with Gasteiger partial charge in [0.2, 0.25) is 0 Å². The fraction of sp³-hybridized carbons (Fsp3) is 0.667. The van der Waals surface area contributed by atoms with E-state index < -0.39 is 6.10 Å². The number of rotatable bonds is 10. The maximum absolute atomic E-state index is 10.1. The standard InChI is InChI=1S/C21H35N3O2/c1-4-22-20(23-13-19(25)15-26-14-17(2)3)24-16-21(11-8-12-21)18-9-6-5-7-10-18/h5-7,9-10,17,19,25H,4,8,11-16H2,1-3H3,(H2,22,23,24). The van der Waals surface area contributed by atoms with Crippen molar-refractivity contribution in [3.05, 3.63) is 35.9 Å². The third-order valence-electron chi connectivity index (χ3n) is 4.85. The minimum atomic E-state index is -0.538. The van der Waals surface area contributed by atoms with E-state index in [2.05, 4.69) is 61.7 Å². The molecule has 5 heteroatoms. The van der Waals surface area contributed by atoms with Crippen molar-refractivity contribution in [2.45, 2.75) is 51.6 Å². The van der Waals surface area contributed by atoms with E-state index in [1.165, 1.54) is 24.8 Å². The summed E-state index contributed by atoms with van der Waals surface area (Å²) in [5.74, 6) is 1.24. The van der Waals surface area contributed by atoms with Crippen LogP contribution >= 0.6 is 0 Å².